The lowest BCUT2D eigenvalue weighted by Crippen LogP contribution is -2.34. The van der Waals surface area contributed by atoms with Crippen molar-refractivity contribution in [2.24, 2.45) is 0 Å². The first kappa shape index (κ1) is 13.4. The van der Waals surface area contributed by atoms with Gasteiger partial charge in [0.05, 0.1) is 17.8 Å². The number of carbonyl (C=O) groups is 2. The summed E-state index contributed by atoms with van der Waals surface area (Å²) in [4.78, 5) is 25.7. The Bertz CT molecular complexity index is 702. The van der Waals surface area contributed by atoms with E-state index in [1.165, 1.54) is 10.5 Å². The van der Waals surface area contributed by atoms with Gasteiger partial charge in [-0.3, -0.25) is 14.5 Å². The second-order valence-electron chi connectivity index (χ2n) is 5.17. The molecule has 4 heteroatoms. The molecule has 0 saturated carbocycles. The van der Waals surface area contributed by atoms with Gasteiger partial charge in [0.15, 0.2) is 0 Å². The molecule has 21 heavy (non-hydrogen) atoms. The van der Waals surface area contributed by atoms with Gasteiger partial charge in [-0.15, -0.1) is 0 Å². The van der Waals surface area contributed by atoms with Gasteiger partial charge < -0.3 is 5.32 Å². The maximum atomic E-state index is 12.2. The van der Waals surface area contributed by atoms with Crippen LogP contribution in [0.4, 0.5) is 5.69 Å². The summed E-state index contributed by atoms with van der Waals surface area (Å²) in [5, 5.41) is 3.18. The van der Waals surface area contributed by atoms with Crippen LogP contribution in [-0.2, 0) is 0 Å². The number of aryl methyl sites for hydroxylation is 1. The van der Waals surface area contributed by atoms with Crippen LogP contribution < -0.4 is 5.32 Å². The summed E-state index contributed by atoms with van der Waals surface area (Å²) in [5.41, 5.74) is 4.18. The van der Waals surface area contributed by atoms with Crippen LogP contribution in [0.1, 0.15) is 31.8 Å². The summed E-state index contributed by atoms with van der Waals surface area (Å²) in [6.45, 7) is 4.22. The lowest BCUT2D eigenvalue weighted by Gasteiger charge is -2.17. The first-order valence-corrected chi connectivity index (χ1v) is 6.85. The fourth-order valence-electron chi connectivity index (χ4n) is 2.49. The monoisotopic (exact) mass is 280 g/mol. The Morgan fingerprint density at radius 3 is 2.14 bits per heavy atom. The third kappa shape index (κ3) is 2.18. The molecule has 2 amide bonds. The SMILES string of the molecule is Cc1cccc(NCN2C(=O)c3ccccc3C2=O)c1C. The molecular formula is C17H16N2O2. The molecule has 1 N–H and O–H groups in total. The van der Waals surface area contributed by atoms with E-state index in [1.807, 2.05) is 32.0 Å². The number of fused-ring (bicyclic) bond motifs is 1. The highest BCUT2D eigenvalue weighted by molar-refractivity contribution is 6.21. The van der Waals surface area contributed by atoms with E-state index in [1.54, 1.807) is 24.3 Å². The summed E-state index contributed by atoms with van der Waals surface area (Å²) >= 11 is 0. The molecule has 0 aromatic heterocycles. The van der Waals surface area contributed by atoms with Gasteiger partial charge in [-0.1, -0.05) is 24.3 Å². The van der Waals surface area contributed by atoms with Crippen molar-refractivity contribution in [3.05, 3.63) is 64.7 Å². The van der Waals surface area contributed by atoms with Crippen LogP contribution in [0.5, 0.6) is 0 Å². The highest BCUT2D eigenvalue weighted by Crippen LogP contribution is 2.23. The van der Waals surface area contributed by atoms with Crippen molar-refractivity contribution in [2.45, 2.75) is 13.8 Å². The first-order chi connectivity index (χ1) is 10.1. The van der Waals surface area contributed by atoms with E-state index in [9.17, 15) is 9.59 Å². The molecule has 106 valence electrons. The minimum Gasteiger partial charge on any atom is -0.367 e. The van der Waals surface area contributed by atoms with Gasteiger partial charge in [-0.05, 0) is 43.2 Å². The van der Waals surface area contributed by atoms with Crippen molar-refractivity contribution in [3.8, 4) is 0 Å². The molecule has 1 heterocycles. The van der Waals surface area contributed by atoms with Crippen LogP contribution in [0.15, 0.2) is 42.5 Å². The van der Waals surface area contributed by atoms with E-state index in [2.05, 4.69) is 5.32 Å². The van der Waals surface area contributed by atoms with Crippen LogP contribution in [0.25, 0.3) is 0 Å². The molecular weight excluding hydrogens is 264 g/mol. The number of imide groups is 1. The number of anilines is 1. The van der Waals surface area contributed by atoms with E-state index in [0.717, 1.165) is 11.3 Å². The lowest BCUT2D eigenvalue weighted by atomic mass is 10.1. The summed E-state index contributed by atoms with van der Waals surface area (Å²) in [7, 11) is 0. The minimum absolute atomic E-state index is 0.177. The van der Waals surface area contributed by atoms with Crippen molar-refractivity contribution in [1.82, 2.24) is 4.90 Å². The molecule has 0 aliphatic carbocycles. The first-order valence-electron chi connectivity index (χ1n) is 6.85. The maximum Gasteiger partial charge on any atom is 0.263 e. The molecule has 0 radical (unpaired) electrons. The molecule has 1 aliphatic heterocycles. The zero-order valence-electron chi connectivity index (χ0n) is 12.0. The second-order valence-corrected chi connectivity index (χ2v) is 5.17. The molecule has 0 bridgehead atoms. The Morgan fingerprint density at radius 1 is 0.905 bits per heavy atom. The average molecular weight is 280 g/mol. The molecule has 0 saturated heterocycles. The van der Waals surface area contributed by atoms with E-state index < -0.39 is 0 Å². The van der Waals surface area contributed by atoms with E-state index >= 15 is 0 Å². The number of nitrogens with one attached hydrogen (secondary N) is 1. The van der Waals surface area contributed by atoms with Gasteiger partial charge in [-0.25, -0.2) is 0 Å². The number of rotatable bonds is 3. The number of carbonyl (C=O) groups excluding carboxylic acids is 2. The molecule has 3 rings (SSSR count). The van der Waals surface area contributed by atoms with E-state index in [-0.39, 0.29) is 18.5 Å². The maximum absolute atomic E-state index is 12.2. The Kier molecular flexibility index (Phi) is 3.22. The summed E-state index contributed by atoms with van der Waals surface area (Å²) < 4.78 is 0. The normalized spacial score (nSPS) is 13.5. The van der Waals surface area contributed by atoms with Crippen molar-refractivity contribution in [2.75, 3.05) is 12.0 Å². The van der Waals surface area contributed by atoms with Crippen molar-refractivity contribution in [3.63, 3.8) is 0 Å². The largest absolute Gasteiger partial charge is 0.367 e. The quantitative estimate of drug-likeness (QED) is 0.879. The molecule has 4 nitrogen and oxygen atoms in total. The van der Waals surface area contributed by atoms with Crippen LogP contribution in [0.3, 0.4) is 0 Å². The predicted octanol–water partition coefficient (Wildman–Crippen LogP) is 2.97. The standard InChI is InChI=1S/C17H16N2O2/c1-11-6-5-9-15(12(11)2)18-10-19-16(20)13-7-3-4-8-14(13)17(19)21/h3-9,18H,10H2,1-2H3. The van der Waals surface area contributed by atoms with Gasteiger partial charge in [0.25, 0.3) is 11.8 Å². The highest BCUT2D eigenvalue weighted by atomic mass is 16.2. The van der Waals surface area contributed by atoms with Gasteiger partial charge in [0.1, 0.15) is 0 Å². The van der Waals surface area contributed by atoms with Crippen LogP contribution >= 0.6 is 0 Å². The van der Waals surface area contributed by atoms with E-state index in [4.69, 9.17) is 0 Å². The predicted molar refractivity (Wildman–Crippen MR) is 81.3 cm³/mol. The lowest BCUT2D eigenvalue weighted by molar-refractivity contribution is 0.0666. The third-order valence-electron chi connectivity index (χ3n) is 3.91. The highest BCUT2D eigenvalue weighted by Gasteiger charge is 2.34. The minimum atomic E-state index is -0.242. The molecule has 0 fully saturated rings. The van der Waals surface area contributed by atoms with Crippen LogP contribution in [-0.4, -0.2) is 23.4 Å². The molecule has 2 aromatic rings. The average Bonchev–Trinajstić information content (AvgIpc) is 2.73. The Labute approximate surface area is 123 Å². The Balaban J connectivity index is 1.80. The van der Waals surface area contributed by atoms with Crippen LogP contribution in [0.2, 0.25) is 0 Å². The summed E-state index contributed by atoms with van der Waals surface area (Å²) in [6.07, 6.45) is 0. The fraction of sp³-hybridized carbons (Fsp3) is 0.176. The van der Waals surface area contributed by atoms with Gasteiger partial charge >= 0.3 is 0 Å². The summed E-state index contributed by atoms with van der Waals surface area (Å²) in [6, 6.07) is 12.8. The van der Waals surface area contributed by atoms with Crippen molar-refractivity contribution in [1.29, 1.82) is 0 Å². The smallest absolute Gasteiger partial charge is 0.263 e. The second kappa shape index (κ2) is 5.05. The number of benzene rings is 2. The number of amides is 2. The molecule has 0 spiro atoms. The molecule has 1 aliphatic rings. The number of nitrogens with zero attached hydrogens (tertiary/aromatic N) is 1. The topological polar surface area (TPSA) is 49.4 Å². The Hall–Kier alpha value is -2.62. The zero-order valence-corrected chi connectivity index (χ0v) is 12.0. The van der Waals surface area contributed by atoms with Gasteiger partial charge in [-0.2, -0.15) is 0 Å². The zero-order chi connectivity index (χ0) is 15.0. The van der Waals surface area contributed by atoms with E-state index in [0.29, 0.717) is 11.1 Å². The Morgan fingerprint density at radius 2 is 1.52 bits per heavy atom. The molecule has 0 atom stereocenters. The van der Waals surface area contributed by atoms with Gasteiger partial charge in [0.2, 0.25) is 0 Å². The molecule has 0 unspecified atom stereocenters. The van der Waals surface area contributed by atoms with Crippen molar-refractivity contribution < 1.29 is 9.59 Å². The number of hydrogen-bond acceptors (Lipinski definition) is 3. The van der Waals surface area contributed by atoms with Crippen molar-refractivity contribution >= 4 is 17.5 Å². The summed E-state index contributed by atoms with van der Waals surface area (Å²) in [5.74, 6) is -0.484. The fourth-order valence-corrected chi connectivity index (χ4v) is 2.49. The molecule has 2 aromatic carbocycles. The third-order valence-corrected chi connectivity index (χ3v) is 3.91. The number of hydrogen-bond donors (Lipinski definition) is 1. The van der Waals surface area contributed by atoms with Gasteiger partial charge in [0, 0.05) is 5.69 Å². The van der Waals surface area contributed by atoms with Crippen LogP contribution in [0, 0.1) is 13.8 Å².